The molecule has 0 aromatic carbocycles. The number of amides is 1. The maximum absolute atomic E-state index is 11.7. The zero-order valence-electron chi connectivity index (χ0n) is 8.89. The molecule has 0 unspecified atom stereocenters. The molecule has 1 aliphatic rings. The molecule has 1 rings (SSSR count). The Balaban J connectivity index is 2.56. The first kappa shape index (κ1) is 11.0. The molecule has 0 bridgehead atoms. The van der Waals surface area contributed by atoms with Gasteiger partial charge in [0.25, 0.3) is 0 Å². The standard InChI is InChI=1S/C10H17NO3/c1-9(2,3)11-8(14)10(4-5-10)6-7(12)13/h4-6H2,1-3H3,(H,11,14)(H,12,13). The number of nitrogens with one attached hydrogen (secondary N) is 1. The predicted octanol–water partition coefficient (Wildman–Crippen LogP) is 1.16. The molecule has 2 N–H and O–H groups in total. The molecule has 1 aliphatic carbocycles. The largest absolute Gasteiger partial charge is 0.481 e. The number of hydrogen-bond donors (Lipinski definition) is 2. The Morgan fingerprint density at radius 1 is 1.36 bits per heavy atom. The average Bonchev–Trinajstić information content (AvgIpc) is 2.63. The first-order valence-corrected chi connectivity index (χ1v) is 4.80. The van der Waals surface area contributed by atoms with Gasteiger partial charge in [-0.05, 0) is 33.6 Å². The van der Waals surface area contributed by atoms with Crippen LogP contribution in [0.1, 0.15) is 40.0 Å². The fraction of sp³-hybridized carbons (Fsp3) is 0.800. The molecule has 0 aromatic heterocycles. The van der Waals surface area contributed by atoms with Crippen LogP contribution in [-0.2, 0) is 9.59 Å². The number of aliphatic carboxylic acids is 1. The van der Waals surface area contributed by atoms with Crippen molar-refractivity contribution in [2.45, 2.75) is 45.6 Å². The first-order chi connectivity index (χ1) is 6.25. The van der Waals surface area contributed by atoms with Crippen LogP contribution in [0.2, 0.25) is 0 Å². The Morgan fingerprint density at radius 2 is 1.86 bits per heavy atom. The van der Waals surface area contributed by atoms with Gasteiger partial charge in [-0.2, -0.15) is 0 Å². The van der Waals surface area contributed by atoms with Crippen LogP contribution >= 0.6 is 0 Å². The predicted molar refractivity (Wildman–Crippen MR) is 51.8 cm³/mol. The third-order valence-electron chi connectivity index (χ3n) is 2.31. The van der Waals surface area contributed by atoms with E-state index in [-0.39, 0.29) is 17.9 Å². The summed E-state index contributed by atoms with van der Waals surface area (Å²) in [5.41, 5.74) is -0.899. The molecule has 0 aliphatic heterocycles. The zero-order valence-corrected chi connectivity index (χ0v) is 8.89. The highest BCUT2D eigenvalue weighted by Gasteiger charge is 2.51. The van der Waals surface area contributed by atoms with E-state index in [1.165, 1.54) is 0 Å². The highest BCUT2D eigenvalue weighted by Crippen LogP contribution is 2.49. The molecule has 14 heavy (non-hydrogen) atoms. The maximum Gasteiger partial charge on any atom is 0.304 e. The minimum Gasteiger partial charge on any atom is -0.481 e. The van der Waals surface area contributed by atoms with Gasteiger partial charge < -0.3 is 10.4 Å². The molecule has 4 nitrogen and oxygen atoms in total. The third-order valence-corrected chi connectivity index (χ3v) is 2.31. The summed E-state index contributed by atoms with van der Waals surface area (Å²) in [4.78, 5) is 22.2. The quantitative estimate of drug-likeness (QED) is 0.716. The van der Waals surface area contributed by atoms with Crippen LogP contribution in [0.3, 0.4) is 0 Å². The SMILES string of the molecule is CC(C)(C)NC(=O)C1(CC(=O)O)CC1. The number of carboxylic acid groups (broad SMARTS) is 1. The lowest BCUT2D eigenvalue weighted by Gasteiger charge is -2.24. The van der Waals surface area contributed by atoms with Crippen LogP contribution < -0.4 is 5.32 Å². The molecule has 0 spiro atoms. The lowest BCUT2D eigenvalue weighted by atomic mass is 9.99. The van der Waals surface area contributed by atoms with Gasteiger partial charge in [0.05, 0.1) is 11.8 Å². The molecule has 4 heteroatoms. The summed E-state index contributed by atoms with van der Waals surface area (Å²) < 4.78 is 0. The Bertz CT molecular complexity index is 261. The molecule has 0 radical (unpaired) electrons. The average molecular weight is 199 g/mol. The van der Waals surface area contributed by atoms with Crippen LogP contribution in [0, 0.1) is 5.41 Å². The molecule has 0 heterocycles. The molecule has 0 atom stereocenters. The lowest BCUT2D eigenvalue weighted by Crippen LogP contribution is -2.45. The minimum atomic E-state index is -0.897. The van der Waals surface area contributed by atoms with E-state index < -0.39 is 11.4 Å². The molecule has 1 saturated carbocycles. The van der Waals surface area contributed by atoms with Gasteiger partial charge in [-0.25, -0.2) is 0 Å². The normalized spacial score (nSPS) is 18.8. The van der Waals surface area contributed by atoms with Gasteiger partial charge in [-0.15, -0.1) is 0 Å². The van der Waals surface area contributed by atoms with E-state index in [4.69, 9.17) is 5.11 Å². The Labute approximate surface area is 83.7 Å². The Hall–Kier alpha value is -1.06. The molecule has 1 fully saturated rings. The number of hydrogen-bond acceptors (Lipinski definition) is 2. The van der Waals surface area contributed by atoms with E-state index in [2.05, 4.69) is 5.32 Å². The summed E-state index contributed by atoms with van der Waals surface area (Å²) >= 11 is 0. The van der Waals surface area contributed by atoms with Crippen molar-refractivity contribution in [3.63, 3.8) is 0 Å². The Morgan fingerprint density at radius 3 is 2.14 bits per heavy atom. The van der Waals surface area contributed by atoms with Crippen molar-refractivity contribution in [1.29, 1.82) is 0 Å². The van der Waals surface area contributed by atoms with Crippen LogP contribution in [0.4, 0.5) is 0 Å². The second-order valence-corrected chi connectivity index (χ2v) is 5.05. The van der Waals surface area contributed by atoms with Gasteiger partial charge in [-0.3, -0.25) is 9.59 Å². The van der Waals surface area contributed by atoms with Gasteiger partial charge in [0, 0.05) is 5.54 Å². The van der Waals surface area contributed by atoms with Gasteiger partial charge in [0.2, 0.25) is 5.91 Å². The van der Waals surface area contributed by atoms with Gasteiger partial charge in [-0.1, -0.05) is 0 Å². The second kappa shape index (κ2) is 3.26. The molecular weight excluding hydrogens is 182 g/mol. The van der Waals surface area contributed by atoms with Crippen molar-refractivity contribution in [2.75, 3.05) is 0 Å². The zero-order chi connectivity index (χ0) is 11.0. The van der Waals surface area contributed by atoms with E-state index in [9.17, 15) is 9.59 Å². The van der Waals surface area contributed by atoms with E-state index in [1.54, 1.807) is 0 Å². The van der Waals surface area contributed by atoms with Crippen molar-refractivity contribution in [3.05, 3.63) is 0 Å². The summed E-state index contributed by atoms with van der Waals surface area (Å²) in [5.74, 6) is -1.01. The summed E-state index contributed by atoms with van der Waals surface area (Å²) in [6.45, 7) is 5.67. The maximum atomic E-state index is 11.7. The van der Waals surface area contributed by atoms with Crippen LogP contribution in [0.5, 0.6) is 0 Å². The Kier molecular flexibility index (Phi) is 2.56. The van der Waals surface area contributed by atoms with Gasteiger partial charge in [0.1, 0.15) is 0 Å². The summed E-state index contributed by atoms with van der Waals surface area (Å²) in [5, 5.41) is 11.5. The fourth-order valence-electron chi connectivity index (χ4n) is 1.40. The number of carbonyl (C=O) groups excluding carboxylic acids is 1. The highest BCUT2D eigenvalue weighted by molar-refractivity contribution is 5.89. The minimum absolute atomic E-state index is 0.0467. The van der Waals surface area contributed by atoms with Crippen molar-refractivity contribution < 1.29 is 14.7 Å². The van der Waals surface area contributed by atoms with Crippen molar-refractivity contribution >= 4 is 11.9 Å². The third kappa shape index (κ3) is 2.72. The first-order valence-electron chi connectivity index (χ1n) is 4.80. The smallest absolute Gasteiger partial charge is 0.304 e. The number of carboxylic acids is 1. The molecule has 0 saturated heterocycles. The topological polar surface area (TPSA) is 66.4 Å². The van der Waals surface area contributed by atoms with Crippen LogP contribution in [0.15, 0.2) is 0 Å². The molecular formula is C10H17NO3. The van der Waals surface area contributed by atoms with E-state index in [0.29, 0.717) is 12.8 Å². The summed E-state index contributed by atoms with van der Waals surface area (Å²) in [6, 6.07) is 0. The molecule has 1 amide bonds. The number of rotatable bonds is 3. The molecule has 80 valence electrons. The van der Waals surface area contributed by atoms with Gasteiger partial charge >= 0.3 is 5.97 Å². The molecule has 0 aromatic rings. The summed E-state index contributed by atoms with van der Waals surface area (Å²) in [7, 11) is 0. The fourth-order valence-corrected chi connectivity index (χ4v) is 1.40. The summed E-state index contributed by atoms with van der Waals surface area (Å²) in [6.07, 6.45) is 1.34. The number of carbonyl (C=O) groups is 2. The van der Waals surface area contributed by atoms with Crippen LogP contribution in [0.25, 0.3) is 0 Å². The van der Waals surface area contributed by atoms with Gasteiger partial charge in [0.15, 0.2) is 0 Å². The van der Waals surface area contributed by atoms with E-state index in [0.717, 1.165) is 0 Å². The highest BCUT2D eigenvalue weighted by atomic mass is 16.4. The van der Waals surface area contributed by atoms with E-state index in [1.807, 2.05) is 20.8 Å². The monoisotopic (exact) mass is 199 g/mol. The van der Waals surface area contributed by atoms with Crippen molar-refractivity contribution in [1.82, 2.24) is 5.32 Å². The van der Waals surface area contributed by atoms with Crippen molar-refractivity contribution in [3.8, 4) is 0 Å². The van der Waals surface area contributed by atoms with E-state index >= 15 is 0 Å². The second-order valence-electron chi connectivity index (χ2n) is 5.05. The lowest BCUT2D eigenvalue weighted by molar-refractivity contribution is -0.142. The van der Waals surface area contributed by atoms with Crippen LogP contribution in [-0.4, -0.2) is 22.5 Å². The van der Waals surface area contributed by atoms with Crippen molar-refractivity contribution in [2.24, 2.45) is 5.41 Å².